The van der Waals surface area contributed by atoms with Crippen LogP contribution in [0, 0.1) is 13.8 Å². The molecule has 114 valence electrons. The highest BCUT2D eigenvalue weighted by atomic mass is 16.5. The van der Waals surface area contributed by atoms with E-state index in [2.05, 4.69) is 0 Å². The van der Waals surface area contributed by atoms with E-state index in [9.17, 15) is 9.90 Å². The lowest BCUT2D eigenvalue weighted by Crippen LogP contribution is -2.23. The Morgan fingerprint density at radius 1 is 1.23 bits per heavy atom. The van der Waals surface area contributed by atoms with Crippen molar-refractivity contribution < 1.29 is 14.6 Å². The van der Waals surface area contributed by atoms with Crippen molar-refractivity contribution in [1.29, 1.82) is 0 Å². The summed E-state index contributed by atoms with van der Waals surface area (Å²) in [6, 6.07) is 13.8. The minimum absolute atomic E-state index is 0.00176. The summed E-state index contributed by atoms with van der Waals surface area (Å²) in [6.07, 6.45) is 0.618. The molecule has 0 aliphatic heterocycles. The van der Waals surface area contributed by atoms with Crippen LogP contribution in [0.3, 0.4) is 0 Å². The molecule has 2 atom stereocenters. The average Bonchev–Trinajstić information content (AvgIpc) is 3.24. The molecule has 1 aliphatic carbocycles. The number of ether oxygens (including phenoxy) is 1. The van der Waals surface area contributed by atoms with Crippen molar-refractivity contribution in [3.05, 3.63) is 64.7 Å². The van der Waals surface area contributed by atoms with Crippen molar-refractivity contribution in [3.8, 4) is 5.75 Å². The first-order valence-corrected chi connectivity index (χ1v) is 7.44. The number of aliphatic carboxylic acids is 1. The molecule has 2 aromatic rings. The summed E-state index contributed by atoms with van der Waals surface area (Å²) in [5.74, 6) is -0.115. The van der Waals surface area contributed by atoms with Gasteiger partial charge in [0.2, 0.25) is 0 Å². The number of hydrogen-bond acceptors (Lipinski definition) is 2. The molecule has 0 amide bonds. The zero-order chi connectivity index (χ0) is 15.9. The number of carbonyl (C=O) groups is 1. The summed E-state index contributed by atoms with van der Waals surface area (Å²) in [7, 11) is 1.59. The fraction of sp³-hybridized carbons (Fsp3) is 0.316. The first-order valence-electron chi connectivity index (χ1n) is 7.44. The summed E-state index contributed by atoms with van der Waals surface area (Å²) in [4.78, 5) is 12.1. The van der Waals surface area contributed by atoms with Crippen LogP contribution in [-0.2, 0) is 10.2 Å². The van der Waals surface area contributed by atoms with Crippen LogP contribution in [0.1, 0.15) is 34.6 Å². The molecule has 0 saturated heterocycles. The summed E-state index contributed by atoms with van der Waals surface area (Å²) >= 11 is 0. The molecule has 0 bridgehead atoms. The Morgan fingerprint density at radius 2 is 1.95 bits per heavy atom. The smallest absolute Gasteiger partial charge is 0.314 e. The van der Waals surface area contributed by atoms with E-state index < -0.39 is 11.4 Å². The quantitative estimate of drug-likeness (QED) is 0.933. The summed E-state index contributed by atoms with van der Waals surface area (Å²) < 4.78 is 5.43. The first-order chi connectivity index (χ1) is 10.5. The highest BCUT2D eigenvalue weighted by Gasteiger charge is 2.63. The largest absolute Gasteiger partial charge is 0.496 e. The Balaban J connectivity index is 2.12. The van der Waals surface area contributed by atoms with E-state index in [0.29, 0.717) is 12.2 Å². The van der Waals surface area contributed by atoms with Gasteiger partial charge in [0, 0.05) is 11.5 Å². The topological polar surface area (TPSA) is 46.5 Å². The number of carboxylic acid groups (broad SMARTS) is 1. The van der Waals surface area contributed by atoms with Gasteiger partial charge in [0.05, 0.1) is 7.11 Å². The van der Waals surface area contributed by atoms with Crippen molar-refractivity contribution in [3.63, 3.8) is 0 Å². The third kappa shape index (κ3) is 2.08. The fourth-order valence-corrected chi connectivity index (χ4v) is 3.44. The maximum atomic E-state index is 12.1. The Bertz CT molecular complexity index is 735. The van der Waals surface area contributed by atoms with Crippen LogP contribution in [0.25, 0.3) is 0 Å². The van der Waals surface area contributed by atoms with Gasteiger partial charge in [-0.25, -0.2) is 0 Å². The molecule has 1 saturated carbocycles. The van der Waals surface area contributed by atoms with Crippen LogP contribution < -0.4 is 4.74 Å². The minimum atomic E-state index is -0.872. The zero-order valence-electron chi connectivity index (χ0n) is 13.1. The lowest BCUT2D eigenvalue weighted by atomic mass is 9.88. The second kappa shape index (κ2) is 5.16. The van der Waals surface area contributed by atoms with Gasteiger partial charge in [0.15, 0.2) is 0 Å². The van der Waals surface area contributed by atoms with Crippen LogP contribution in [0.15, 0.2) is 42.5 Å². The molecule has 1 fully saturated rings. The van der Waals surface area contributed by atoms with E-state index in [-0.39, 0.29) is 5.92 Å². The number of benzene rings is 2. The second-order valence-electron chi connectivity index (χ2n) is 6.09. The standard InChI is InChI=1S/C19H20O3/c1-12-8-9-17(22-3)15(10-12)19(18(20)21)11-16(19)14-7-5-4-6-13(14)2/h4-10,16H,11H2,1-3H3,(H,20,21)/t16-,19-/m1/s1. The first kappa shape index (κ1) is 14.6. The Kier molecular flexibility index (Phi) is 3.44. The van der Waals surface area contributed by atoms with Gasteiger partial charge < -0.3 is 9.84 Å². The van der Waals surface area contributed by atoms with Crippen molar-refractivity contribution in [2.45, 2.75) is 31.6 Å². The van der Waals surface area contributed by atoms with Gasteiger partial charge in [-0.15, -0.1) is 0 Å². The third-order valence-electron chi connectivity index (χ3n) is 4.74. The second-order valence-corrected chi connectivity index (χ2v) is 6.09. The minimum Gasteiger partial charge on any atom is -0.496 e. The zero-order valence-corrected chi connectivity index (χ0v) is 13.1. The van der Waals surface area contributed by atoms with Gasteiger partial charge in [-0.1, -0.05) is 42.0 Å². The van der Waals surface area contributed by atoms with Crippen molar-refractivity contribution in [2.24, 2.45) is 0 Å². The number of rotatable bonds is 4. The summed E-state index contributed by atoms with van der Waals surface area (Å²) in [5.41, 5.74) is 3.22. The highest BCUT2D eigenvalue weighted by Crippen LogP contribution is 2.63. The molecule has 0 aromatic heterocycles. The van der Waals surface area contributed by atoms with Gasteiger partial charge in [0.1, 0.15) is 11.2 Å². The van der Waals surface area contributed by atoms with E-state index in [1.54, 1.807) is 7.11 Å². The molecule has 3 heteroatoms. The molecule has 0 heterocycles. The predicted octanol–water partition coefficient (Wildman–Crippen LogP) is 3.82. The van der Waals surface area contributed by atoms with E-state index in [1.165, 1.54) is 0 Å². The molecule has 2 aromatic carbocycles. The van der Waals surface area contributed by atoms with Crippen molar-refractivity contribution in [2.75, 3.05) is 7.11 Å². The van der Waals surface area contributed by atoms with E-state index in [0.717, 1.165) is 22.3 Å². The van der Waals surface area contributed by atoms with Crippen LogP contribution in [0.5, 0.6) is 5.75 Å². The highest BCUT2D eigenvalue weighted by molar-refractivity contribution is 5.89. The van der Waals surface area contributed by atoms with Gasteiger partial charge in [-0.2, -0.15) is 0 Å². The Morgan fingerprint density at radius 3 is 2.59 bits per heavy atom. The van der Waals surface area contributed by atoms with Crippen molar-refractivity contribution >= 4 is 5.97 Å². The van der Waals surface area contributed by atoms with Gasteiger partial charge >= 0.3 is 5.97 Å². The molecule has 1 aliphatic rings. The van der Waals surface area contributed by atoms with E-state index in [4.69, 9.17) is 4.74 Å². The normalized spacial score (nSPS) is 23.1. The van der Waals surface area contributed by atoms with E-state index in [1.807, 2.05) is 56.3 Å². The summed E-state index contributed by atoms with van der Waals surface area (Å²) in [5, 5.41) is 9.94. The van der Waals surface area contributed by atoms with Crippen LogP contribution in [0.4, 0.5) is 0 Å². The Labute approximate surface area is 130 Å². The molecular formula is C19H20O3. The monoisotopic (exact) mass is 296 g/mol. The van der Waals surface area contributed by atoms with Gasteiger partial charge in [-0.05, 0) is 37.5 Å². The molecule has 22 heavy (non-hydrogen) atoms. The Hall–Kier alpha value is -2.29. The lowest BCUT2D eigenvalue weighted by Gasteiger charge is -2.18. The third-order valence-corrected chi connectivity index (χ3v) is 4.74. The van der Waals surface area contributed by atoms with Crippen LogP contribution in [0.2, 0.25) is 0 Å². The molecule has 0 radical (unpaired) electrons. The SMILES string of the molecule is COc1ccc(C)cc1[C@]1(C(=O)O)C[C@@H]1c1ccccc1C. The molecule has 0 unspecified atom stereocenters. The van der Waals surface area contributed by atoms with Crippen molar-refractivity contribution in [1.82, 2.24) is 0 Å². The van der Waals surface area contributed by atoms with Gasteiger partial charge in [-0.3, -0.25) is 4.79 Å². The van der Waals surface area contributed by atoms with Gasteiger partial charge in [0.25, 0.3) is 0 Å². The lowest BCUT2D eigenvalue weighted by molar-refractivity contribution is -0.140. The van der Waals surface area contributed by atoms with E-state index >= 15 is 0 Å². The summed E-state index contributed by atoms with van der Waals surface area (Å²) in [6.45, 7) is 4.01. The number of aryl methyl sites for hydroxylation is 2. The molecule has 1 N–H and O–H groups in total. The average molecular weight is 296 g/mol. The molecule has 3 nitrogen and oxygen atoms in total. The number of carboxylic acids is 1. The van der Waals surface area contributed by atoms with Crippen LogP contribution >= 0.6 is 0 Å². The number of hydrogen-bond donors (Lipinski definition) is 1. The number of methoxy groups -OCH3 is 1. The predicted molar refractivity (Wildman–Crippen MR) is 85.6 cm³/mol. The molecule has 3 rings (SSSR count). The maximum Gasteiger partial charge on any atom is 0.314 e. The maximum absolute atomic E-state index is 12.1. The molecule has 0 spiro atoms. The fourth-order valence-electron chi connectivity index (χ4n) is 3.44. The molecular weight excluding hydrogens is 276 g/mol. The van der Waals surface area contributed by atoms with Crippen LogP contribution in [-0.4, -0.2) is 18.2 Å².